The van der Waals surface area contributed by atoms with Crippen LogP contribution in [-0.2, 0) is 19.3 Å². The van der Waals surface area contributed by atoms with E-state index in [1.165, 1.54) is 11.0 Å². The summed E-state index contributed by atoms with van der Waals surface area (Å²) in [6, 6.07) is 5.59. The number of hydrogen-bond donors (Lipinski definition) is 1. The standard InChI is InChI=1S/C24H29F3N6O2S/c25-24(26,27)18-5-6-20-21(15-18)28-8-7-22(20)36-14-4-2-1-3-9-33-17-19(29-30-33)16-31-10-12-32(13-11-31)23(34)35/h5-8,15,17H,1-4,9-14,16H2,(H,34,35). The fraction of sp³-hybridized carbons (Fsp3) is 0.500. The van der Waals surface area contributed by atoms with Gasteiger partial charge in [-0.25, -0.2) is 4.79 Å². The zero-order valence-electron chi connectivity index (χ0n) is 19.8. The van der Waals surface area contributed by atoms with Crippen molar-refractivity contribution in [2.75, 3.05) is 31.9 Å². The lowest BCUT2D eigenvalue weighted by Crippen LogP contribution is -2.47. The molecule has 12 heteroatoms. The average molecular weight is 523 g/mol. The third kappa shape index (κ3) is 7.10. The highest BCUT2D eigenvalue weighted by Gasteiger charge is 2.30. The monoisotopic (exact) mass is 522 g/mol. The lowest BCUT2D eigenvalue weighted by molar-refractivity contribution is -0.137. The van der Waals surface area contributed by atoms with Crippen molar-refractivity contribution in [2.45, 2.75) is 49.8 Å². The molecule has 0 spiro atoms. The number of amides is 1. The number of hydrogen-bond acceptors (Lipinski definition) is 6. The van der Waals surface area contributed by atoms with Gasteiger partial charge in [-0.05, 0) is 36.8 Å². The minimum Gasteiger partial charge on any atom is -0.465 e. The van der Waals surface area contributed by atoms with E-state index in [-0.39, 0.29) is 0 Å². The van der Waals surface area contributed by atoms with Gasteiger partial charge in [0.25, 0.3) is 0 Å². The van der Waals surface area contributed by atoms with E-state index in [0.717, 1.165) is 66.1 Å². The van der Waals surface area contributed by atoms with Crippen LogP contribution in [0.4, 0.5) is 18.0 Å². The first-order valence-electron chi connectivity index (χ1n) is 12.0. The van der Waals surface area contributed by atoms with Crippen LogP contribution in [0.1, 0.15) is 36.9 Å². The molecule has 2 aromatic heterocycles. The molecule has 0 atom stereocenters. The summed E-state index contributed by atoms with van der Waals surface area (Å²) >= 11 is 1.65. The van der Waals surface area contributed by atoms with Gasteiger partial charge in [0.1, 0.15) is 0 Å². The van der Waals surface area contributed by atoms with E-state index in [0.29, 0.717) is 38.2 Å². The first-order valence-corrected chi connectivity index (χ1v) is 13.0. The molecule has 3 heterocycles. The third-order valence-electron chi connectivity index (χ3n) is 6.18. The van der Waals surface area contributed by atoms with Crippen LogP contribution < -0.4 is 0 Å². The molecule has 1 fully saturated rings. The minimum absolute atomic E-state index is 0.365. The summed E-state index contributed by atoms with van der Waals surface area (Å²) in [5.41, 5.74) is 0.578. The molecule has 1 aromatic carbocycles. The zero-order valence-corrected chi connectivity index (χ0v) is 20.6. The molecule has 0 aliphatic carbocycles. The van der Waals surface area contributed by atoms with Crippen molar-refractivity contribution in [3.63, 3.8) is 0 Å². The van der Waals surface area contributed by atoms with Crippen molar-refractivity contribution in [1.29, 1.82) is 0 Å². The summed E-state index contributed by atoms with van der Waals surface area (Å²) in [7, 11) is 0. The second-order valence-corrected chi connectivity index (χ2v) is 9.96. The van der Waals surface area contributed by atoms with E-state index in [9.17, 15) is 18.0 Å². The summed E-state index contributed by atoms with van der Waals surface area (Å²) in [6.45, 7) is 3.88. The number of piperazine rings is 1. The van der Waals surface area contributed by atoms with Gasteiger partial charge in [-0.3, -0.25) is 14.6 Å². The van der Waals surface area contributed by atoms with Gasteiger partial charge in [0.2, 0.25) is 0 Å². The number of nitrogens with zero attached hydrogens (tertiary/aromatic N) is 6. The number of aryl methyl sites for hydroxylation is 1. The van der Waals surface area contributed by atoms with Gasteiger partial charge in [-0.2, -0.15) is 13.2 Å². The number of thioether (sulfide) groups is 1. The first kappa shape index (κ1) is 26.2. The smallest absolute Gasteiger partial charge is 0.416 e. The predicted molar refractivity (Wildman–Crippen MR) is 131 cm³/mol. The van der Waals surface area contributed by atoms with Crippen LogP contribution in [0.3, 0.4) is 0 Å². The Balaban J connectivity index is 1.13. The Hall–Kier alpha value is -2.86. The van der Waals surface area contributed by atoms with Gasteiger partial charge in [0, 0.05) is 61.9 Å². The second kappa shape index (κ2) is 11.9. The van der Waals surface area contributed by atoms with Crippen molar-refractivity contribution in [3.05, 3.63) is 47.9 Å². The highest BCUT2D eigenvalue weighted by atomic mass is 32.2. The number of alkyl halides is 3. The number of pyridine rings is 1. The predicted octanol–water partition coefficient (Wildman–Crippen LogP) is 4.99. The van der Waals surface area contributed by atoms with Crippen molar-refractivity contribution in [2.24, 2.45) is 0 Å². The SMILES string of the molecule is O=C(O)N1CCN(Cc2cn(CCCCCCSc3ccnc4cc(C(F)(F)F)ccc34)nn2)CC1. The number of aromatic nitrogens is 4. The Morgan fingerprint density at radius 1 is 1.06 bits per heavy atom. The van der Waals surface area contributed by atoms with Gasteiger partial charge in [0.05, 0.1) is 16.8 Å². The van der Waals surface area contributed by atoms with Gasteiger partial charge >= 0.3 is 12.3 Å². The first-order chi connectivity index (χ1) is 17.3. The quantitative estimate of drug-likeness (QED) is 0.296. The molecule has 0 radical (unpaired) electrons. The highest BCUT2D eigenvalue weighted by molar-refractivity contribution is 7.99. The Kier molecular flexibility index (Phi) is 8.68. The average Bonchev–Trinajstić information content (AvgIpc) is 3.30. The maximum Gasteiger partial charge on any atom is 0.416 e. The number of carbonyl (C=O) groups is 1. The minimum atomic E-state index is -4.37. The van der Waals surface area contributed by atoms with E-state index in [2.05, 4.69) is 20.2 Å². The fourth-order valence-corrected chi connectivity index (χ4v) is 5.24. The number of halogens is 3. The molecule has 0 unspecified atom stereocenters. The fourth-order valence-electron chi connectivity index (χ4n) is 4.18. The van der Waals surface area contributed by atoms with Crippen molar-refractivity contribution >= 4 is 28.8 Å². The Bertz CT molecular complexity index is 1160. The molecule has 4 rings (SSSR count). The largest absolute Gasteiger partial charge is 0.465 e. The molecular formula is C24H29F3N6O2S. The van der Waals surface area contributed by atoms with E-state index in [1.807, 2.05) is 16.9 Å². The van der Waals surface area contributed by atoms with Crippen LogP contribution in [0.15, 0.2) is 41.6 Å². The van der Waals surface area contributed by atoms with Crippen LogP contribution in [0.25, 0.3) is 10.9 Å². The summed E-state index contributed by atoms with van der Waals surface area (Å²) in [5, 5.41) is 18.2. The highest BCUT2D eigenvalue weighted by Crippen LogP contribution is 2.34. The third-order valence-corrected chi connectivity index (χ3v) is 7.34. The Morgan fingerprint density at radius 3 is 2.58 bits per heavy atom. The molecule has 194 valence electrons. The maximum absolute atomic E-state index is 12.9. The lowest BCUT2D eigenvalue weighted by atomic mass is 10.1. The van der Waals surface area contributed by atoms with Crippen LogP contribution >= 0.6 is 11.8 Å². The number of benzene rings is 1. The van der Waals surface area contributed by atoms with E-state index in [1.54, 1.807) is 18.0 Å². The molecule has 1 saturated heterocycles. The number of fused-ring (bicyclic) bond motifs is 1. The van der Waals surface area contributed by atoms with Crippen molar-refractivity contribution < 1.29 is 23.1 Å². The molecule has 0 saturated carbocycles. The zero-order chi connectivity index (χ0) is 25.5. The number of rotatable bonds is 10. The number of unbranched alkanes of at least 4 members (excludes halogenated alkanes) is 3. The van der Waals surface area contributed by atoms with Gasteiger partial charge in [-0.15, -0.1) is 16.9 Å². The van der Waals surface area contributed by atoms with E-state index < -0.39 is 17.8 Å². The normalized spacial score (nSPS) is 15.0. The summed E-state index contributed by atoms with van der Waals surface area (Å²) in [6.07, 6.45) is 2.40. The number of carboxylic acid groups (broad SMARTS) is 1. The molecule has 1 N–H and O–H groups in total. The maximum atomic E-state index is 12.9. The molecule has 8 nitrogen and oxygen atoms in total. The van der Waals surface area contributed by atoms with Crippen molar-refractivity contribution in [3.8, 4) is 0 Å². The molecule has 1 aliphatic rings. The summed E-state index contributed by atoms with van der Waals surface area (Å²) < 4.78 is 40.7. The van der Waals surface area contributed by atoms with Gasteiger partial charge < -0.3 is 10.0 Å². The van der Waals surface area contributed by atoms with Gasteiger partial charge in [0.15, 0.2) is 0 Å². The van der Waals surface area contributed by atoms with E-state index >= 15 is 0 Å². The van der Waals surface area contributed by atoms with Crippen molar-refractivity contribution in [1.82, 2.24) is 29.8 Å². The molecule has 1 aliphatic heterocycles. The van der Waals surface area contributed by atoms with E-state index in [4.69, 9.17) is 5.11 Å². The molecule has 36 heavy (non-hydrogen) atoms. The van der Waals surface area contributed by atoms with Crippen LogP contribution in [0, 0.1) is 0 Å². The molecule has 3 aromatic rings. The lowest BCUT2D eigenvalue weighted by Gasteiger charge is -2.32. The van der Waals surface area contributed by atoms with Crippen LogP contribution in [0.5, 0.6) is 0 Å². The Morgan fingerprint density at radius 2 is 1.83 bits per heavy atom. The van der Waals surface area contributed by atoms with Crippen LogP contribution in [0.2, 0.25) is 0 Å². The molecule has 1 amide bonds. The molecular weight excluding hydrogens is 493 g/mol. The molecule has 0 bridgehead atoms. The summed E-state index contributed by atoms with van der Waals surface area (Å²) in [4.78, 5) is 19.7. The van der Waals surface area contributed by atoms with Crippen LogP contribution in [-0.4, -0.2) is 72.9 Å². The topological polar surface area (TPSA) is 87.4 Å². The van der Waals surface area contributed by atoms with Gasteiger partial charge in [-0.1, -0.05) is 24.1 Å². The Labute approximate surface area is 211 Å². The second-order valence-electron chi connectivity index (χ2n) is 8.82. The summed E-state index contributed by atoms with van der Waals surface area (Å²) in [5.74, 6) is 0.892.